The first-order valence-electron chi connectivity index (χ1n) is 10.5. The van der Waals surface area contributed by atoms with E-state index in [9.17, 15) is 4.79 Å². The van der Waals surface area contributed by atoms with Gasteiger partial charge in [-0.2, -0.15) is 0 Å². The van der Waals surface area contributed by atoms with E-state index in [1.165, 1.54) is 5.56 Å². The minimum Gasteiger partial charge on any atom is -0.486 e. The summed E-state index contributed by atoms with van der Waals surface area (Å²) in [5, 5.41) is 2.98. The molecule has 0 N–H and O–H groups in total. The van der Waals surface area contributed by atoms with Crippen molar-refractivity contribution in [2.45, 2.75) is 58.7 Å². The molecule has 30 heavy (non-hydrogen) atoms. The number of thiazole rings is 1. The number of amides is 1. The zero-order chi connectivity index (χ0) is 21.1. The molecule has 1 heterocycles. The van der Waals surface area contributed by atoms with E-state index in [2.05, 4.69) is 19.9 Å². The molecule has 5 heteroatoms. The molecule has 0 unspecified atom stereocenters. The number of aromatic nitrogens is 1. The number of rotatable bonds is 8. The van der Waals surface area contributed by atoms with Gasteiger partial charge < -0.3 is 9.64 Å². The van der Waals surface area contributed by atoms with Crippen molar-refractivity contribution in [2.24, 2.45) is 0 Å². The molecule has 0 atom stereocenters. The average Bonchev–Trinajstić information content (AvgIpc) is 3.49. The van der Waals surface area contributed by atoms with Gasteiger partial charge in [-0.3, -0.25) is 4.79 Å². The van der Waals surface area contributed by atoms with E-state index in [0.717, 1.165) is 40.4 Å². The summed E-state index contributed by atoms with van der Waals surface area (Å²) in [6.45, 7) is 7.33. The number of carbonyl (C=O) groups is 1. The van der Waals surface area contributed by atoms with Crippen LogP contribution in [0.25, 0.3) is 0 Å². The highest BCUT2D eigenvalue weighted by atomic mass is 32.1. The Bertz CT molecular complexity index is 1020. The molecule has 4 rings (SSSR count). The van der Waals surface area contributed by atoms with Gasteiger partial charge in [0.2, 0.25) is 0 Å². The number of benzene rings is 2. The third-order valence-electron chi connectivity index (χ3n) is 5.45. The molecule has 0 spiro atoms. The molecule has 1 amide bonds. The van der Waals surface area contributed by atoms with Crippen LogP contribution in [0.2, 0.25) is 0 Å². The normalized spacial score (nSPS) is 13.5. The third-order valence-corrected chi connectivity index (χ3v) is 6.32. The van der Waals surface area contributed by atoms with Crippen molar-refractivity contribution in [3.63, 3.8) is 0 Å². The van der Waals surface area contributed by atoms with Crippen LogP contribution < -0.4 is 4.74 Å². The lowest BCUT2D eigenvalue weighted by Crippen LogP contribution is -2.33. The molecule has 0 saturated heterocycles. The number of aryl methyl sites for hydroxylation is 1. The highest BCUT2D eigenvalue weighted by molar-refractivity contribution is 7.09. The van der Waals surface area contributed by atoms with E-state index in [1.54, 1.807) is 11.3 Å². The zero-order valence-electron chi connectivity index (χ0n) is 17.8. The smallest absolute Gasteiger partial charge is 0.254 e. The van der Waals surface area contributed by atoms with E-state index >= 15 is 0 Å². The Morgan fingerprint density at radius 1 is 1.17 bits per heavy atom. The summed E-state index contributed by atoms with van der Waals surface area (Å²) in [4.78, 5) is 19.9. The number of hydrogen-bond acceptors (Lipinski definition) is 4. The van der Waals surface area contributed by atoms with Crippen molar-refractivity contribution in [3.8, 4) is 5.75 Å². The fourth-order valence-electron chi connectivity index (χ4n) is 3.61. The number of ether oxygens (including phenoxy) is 1. The van der Waals surface area contributed by atoms with Gasteiger partial charge in [0.15, 0.2) is 0 Å². The van der Waals surface area contributed by atoms with Crippen molar-refractivity contribution < 1.29 is 9.53 Å². The number of para-hydroxylation sites is 1. The summed E-state index contributed by atoms with van der Waals surface area (Å²) in [7, 11) is 0. The molecule has 4 nitrogen and oxygen atoms in total. The molecule has 2 aromatic carbocycles. The van der Waals surface area contributed by atoms with Crippen LogP contribution in [0, 0.1) is 6.92 Å². The minimum absolute atomic E-state index is 0.104. The standard InChI is InChI=1S/C25H28N2O2S/c1-17(2)21-9-6-7-11-23(21)29-15-24-26-19(16-30-24)14-27(20-12-13-20)25(28)22-10-5-4-8-18(22)3/h4-11,16-17,20H,12-15H2,1-3H3. The maximum Gasteiger partial charge on any atom is 0.254 e. The molecule has 156 valence electrons. The predicted octanol–water partition coefficient (Wildman–Crippen LogP) is 5.96. The summed E-state index contributed by atoms with van der Waals surface area (Å²) in [5.41, 5.74) is 3.94. The fourth-order valence-corrected chi connectivity index (χ4v) is 4.31. The topological polar surface area (TPSA) is 42.4 Å². The summed E-state index contributed by atoms with van der Waals surface area (Å²) < 4.78 is 6.06. The second-order valence-corrected chi connectivity index (χ2v) is 9.14. The van der Waals surface area contributed by atoms with Gasteiger partial charge in [0.05, 0.1) is 12.2 Å². The molecule has 1 saturated carbocycles. The quantitative estimate of drug-likeness (QED) is 0.452. The van der Waals surface area contributed by atoms with E-state index < -0.39 is 0 Å². The number of hydrogen-bond donors (Lipinski definition) is 0. The summed E-state index contributed by atoms with van der Waals surface area (Å²) >= 11 is 1.59. The van der Waals surface area contributed by atoms with Gasteiger partial charge in [-0.15, -0.1) is 11.3 Å². The second kappa shape index (κ2) is 9.00. The maximum atomic E-state index is 13.1. The summed E-state index contributed by atoms with van der Waals surface area (Å²) in [5.74, 6) is 1.43. The Kier molecular flexibility index (Phi) is 6.18. The molecule has 0 bridgehead atoms. The van der Waals surface area contributed by atoms with Crippen LogP contribution in [0.15, 0.2) is 53.9 Å². The average molecular weight is 421 g/mol. The van der Waals surface area contributed by atoms with Gasteiger partial charge in [-0.25, -0.2) is 4.98 Å². The molecule has 3 aromatic rings. The van der Waals surface area contributed by atoms with Crippen molar-refractivity contribution in [1.29, 1.82) is 0 Å². The molecular weight excluding hydrogens is 392 g/mol. The molecule has 0 aliphatic heterocycles. The molecule has 0 radical (unpaired) electrons. The SMILES string of the molecule is Cc1ccccc1C(=O)N(Cc1csc(COc2ccccc2C(C)C)n1)C1CC1. The van der Waals surface area contributed by atoms with Crippen LogP contribution >= 0.6 is 11.3 Å². The van der Waals surface area contributed by atoms with Gasteiger partial charge in [-0.05, 0) is 48.9 Å². The largest absolute Gasteiger partial charge is 0.486 e. The first kappa shape index (κ1) is 20.6. The second-order valence-electron chi connectivity index (χ2n) is 8.19. The van der Waals surface area contributed by atoms with Gasteiger partial charge in [0.25, 0.3) is 5.91 Å². The number of nitrogens with zero attached hydrogens (tertiary/aromatic N) is 2. The molecular formula is C25H28N2O2S. The van der Waals surface area contributed by atoms with Crippen molar-refractivity contribution >= 4 is 17.2 Å². The number of carbonyl (C=O) groups excluding carboxylic acids is 1. The predicted molar refractivity (Wildman–Crippen MR) is 121 cm³/mol. The van der Waals surface area contributed by atoms with Gasteiger partial charge >= 0.3 is 0 Å². The van der Waals surface area contributed by atoms with Crippen molar-refractivity contribution in [3.05, 3.63) is 81.3 Å². The molecule has 1 aliphatic rings. The van der Waals surface area contributed by atoms with Crippen LogP contribution in [-0.2, 0) is 13.2 Å². The minimum atomic E-state index is 0.104. The van der Waals surface area contributed by atoms with Crippen molar-refractivity contribution in [1.82, 2.24) is 9.88 Å². The molecule has 1 aromatic heterocycles. The van der Waals surface area contributed by atoms with E-state index in [1.807, 2.05) is 59.7 Å². The lowest BCUT2D eigenvalue weighted by Gasteiger charge is -2.22. The van der Waals surface area contributed by atoms with Crippen molar-refractivity contribution in [2.75, 3.05) is 0 Å². The van der Waals surface area contributed by atoms with Crippen LogP contribution in [0.5, 0.6) is 5.75 Å². The lowest BCUT2D eigenvalue weighted by molar-refractivity contribution is 0.0727. The molecule has 1 aliphatic carbocycles. The van der Waals surface area contributed by atoms with E-state index in [4.69, 9.17) is 9.72 Å². The summed E-state index contributed by atoms with van der Waals surface area (Å²) in [6.07, 6.45) is 2.15. The Hall–Kier alpha value is -2.66. The lowest BCUT2D eigenvalue weighted by atomic mass is 10.0. The van der Waals surface area contributed by atoms with Crippen LogP contribution in [0.1, 0.15) is 64.8 Å². The zero-order valence-corrected chi connectivity index (χ0v) is 18.6. The Balaban J connectivity index is 1.43. The fraction of sp³-hybridized carbons (Fsp3) is 0.360. The van der Waals surface area contributed by atoms with E-state index in [-0.39, 0.29) is 5.91 Å². The first-order chi connectivity index (χ1) is 14.5. The van der Waals surface area contributed by atoms with E-state index in [0.29, 0.717) is 25.1 Å². The Morgan fingerprint density at radius 2 is 1.90 bits per heavy atom. The van der Waals surface area contributed by atoms with Crippen LogP contribution in [0.3, 0.4) is 0 Å². The summed E-state index contributed by atoms with van der Waals surface area (Å²) in [6, 6.07) is 16.3. The maximum absolute atomic E-state index is 13.1. The highest BCUT2D eigenvalue weighted by Crippen LogP contribution is 2.31. The van der Waals surface area contributed by atoms with Gasteiger partial charge in [-0.1, -0.05) is 50.2 Å². The van der Waals surface area contributed by atoms with Crippen LogP contribution in [-0.4, -0.2) is 21.8 Å². The van der Waals surface area contributed by atoms with Gasteiger partial charge in [0.1, 0.15) is 17.4 Å². The molecule has 1 fully saturated rings. The van der Waals surface area contributed by atoms with Crippen LogP contribution in [0.4, 0.5) is 0 Å². The monoisotopic (exact) mass is 420 g/mol. The highest BCUT2D eigenvalue weighted by Gasteiger charge is 2.34. The Labute approximate surface area is 182 Å². The third kappa shape index (κ3) is 4.73. The first-order valence-corrected chi connectivity index (χ1v) is 11.4. The van der Waals surface area contributed by atoms with Gasteiger partial charge in [0, 0.05) is 17.0 Å². The Morgan fingerprint density at radius 3 is 2.63 bits per heavy atom.